The Morgan fingerprint density at radius 3 is 1.49 bits per heavy atom. The van der Waals surface area contributed by atoms with Gasteiger partial charge in [0.2, 0.25) is 0 Å². The molecule has 0 radical (unpaired) electrons. The lowest BCUT2D eigenvalue weighted by Crippen LogP contribution is -2.33. The monoisotopic (exact) mass is 491 g/mol. The molecule has 0 spiro atoms. The molecule has 0 bridgehead atoms. The fourth-order valence-corrected chi connectivity index (χ4v) is 6.05. The molecule has 1 heteroatoms. The van der Waals surface area contributed by atoms with Crippen LogP contribution in [0.1, 0.15) is 104 Å². The van der Waals surface area contributed by atoms with E-state index in [2.05, 4.69) is 135 Å². The predicted molar refractivity (Wildman–Crippen MR) is 162 cm³/mol. The molecule has 1 nitrogen and oxygen atoms in total. The van der Waals surface area contributed by atoms with Gasteiger partial charge in [0.15, 0.2) is 0 Å². The first-order valence-corrected chi connectivity index (χ1v) is 14.0. The molecule has 1 aliphatic carbocycles. The number of hydrogen-bond donors (Lipinski definition) is 1. The van der Waals surface area contributed by atoms with E-state index in [1.807, 2.05) is 0 Å². The summed E-state index contributed by atoms with van der Waals surface area (Å²) in [4.78, 5) is 3.90. The van der Waals surface area contributed by atoms with Gasteiger partial charge in [-0.05, 0) is 80.0 Å². The van der Waals surface area contributed by atoms with E-state index in [9.17, 15) is 0 Å². The summed E-state index contributed by atoms with van der Waals surface area (Å²) in [6.45, 7) is 23.3. The van der Waals surface area contributed by atoms with Gasteiger partial charge in [-0.2, -0.15) is 0 Å². The Hall–Kier alpha value is -2.80. The number of benzene rings is 3. The van der Waals surface area contributed by atoms with Crippen molar-refractivity contribution in [1.82, 2.24) is 4.98 Å². The van der Waals surface area contributed by atoms with E-state index in [-0.39, 0.29) is 21.7 Å². The second-order valence-corrected chi connectivity index (χ2v) is 14.7. The fraction of sp³-hybridized carbons (Fsp3) is 0.444. The van der Waals surface area contributed by atoms with E-state index >= 15 is 0 Å². The van der Waals surface area contributed by atoms with Gasteiger partial charge in [0, 0.05) is 16.5 Å². The smallest absolute Gasteiger partial charge is 0.0544 e. The first-order valence-electron chi connectivity index (χ1n) is 14.0. The second kappa shape index (κ2) is 8.35. The Labute approximate surface area is 224 Å². The molecule has 194 valence electrons. The molecular formula is C36H45N. The molecular weight excluding hydrogens is 446 g/mol. The van der Waals surface area contributed by atoms with Gasteiger partial charge in [-0.3, -0.25) is 0 Å². The minimum Gasteiger partial charge on any atom is -0.354 e. The zero-order chi connectivity index (χ0) is 27.0. The highest BCUT2D eigenvalue weighted by Gasteiger charge is 2.37. The van der Waals surface area contributed by atoms with E-state index in [0.29, 0.717) is 0 Å². The van der Waals surface area contributed by atoms with Crippen LogP contribution in [0.4, 0.5) is 0 Å². The molecule has 0 fully saturated rings. The van der Waals surface area contributed by atoms with Crippen LogP contribution in [-0.2, 0) is 21.7 Å². The van der Waals surface area contributed by atoms with Crippen LogP contribution >= 0.6 is 0 Å². The van der Waals surface area contributed by atoms with E-state index in [1.165, 1.54) is 68.4 Å². The average Bonchev–Trinajstić information content (AvgIpc) is 3.19. The van der Waals surface area contributed by atoms with Crippen LogP contribution in [0.3, 0.4) is 0 Å². The molecule has 5 rings (SSSR count). The third-order valence-corrected chi connectivity index (χ3v) is 8.85. The molecule has 1 aliphatic rings. The van der Waals surface area contributed by atoms with Crippen molar-refractivity contribution >= 4 is 10.9 Å². The highest BCUT2D eigenvalue weighted by Crippen LogP contribution is 2.49. The maximum absolute atomic E-state index is 3.90. The van der Waals surface area contributed by atoms with Gasteiger partial charge in [-0.1, -0.05) is 118 Å². The Kier molecular flexibility index (Phi) is 5.83. The number of rotatable bonds is 2. The minimum absolute atomic E-state index is 0.138. The van der Waals surface area contributed by atoms with E-state index in [4.69, 9.17) is 0 Å². The summed E-state index contributed by atoms with van der Waals surface area (Å²) >= 11 is 0. The van der Waals surface area contributed by atoms with Crippen molar-refractivity contribution in [2.75, 3.05) is 0 Å². The van der Waals surface area contributed by atoms with Crippen LogP contribution in [0.15, 0.2) is 60.7 Å². The molecule has 0 saturated heterocycles. The molecule has 0 amide bonds. The number of aromatic nitrogens is 1. The summed E-state index contributed by atoms with van der Waals surface area (Å²) < 4.78 is 0. The molecule has 4 aromatic rings. The number of aromatic amines is 1. The number of hydrogen-bond acceptors (Lipinski definition) is 0. The summed E-state index contributed by atoms with van der Waals surface area (Å²) in [5, 5.41) is 1.34. The quantitative estimate of drug-likeness (QED) is 0.287. The van der Waals surface area contributed by atoms with Crippen molar-refractivity contribution in [3.05, 3.63) is 82.9 Å². The summed E-state index contributed by atoms with van der Waals surface area (Å²) in [6, 6.07) is 23.4. The lowest BCUT2D eigenvalue weighted by molar-refractivity contribution is 0.332. The van der Waals surface area contributed by atoms with Crippen LogP contribution < -0.4 is 0 Å². The van der Waals surface area contributed by atoms with Gasteiger partial charge in [0.1, 0.15) is 0 Å². The number of nitrogens with one attached hydrogen (secondary N) is 1. The molecule has 1 N–H and O–H groups in total. The van der Waals surface area contributed by atoms with Crippen molar-refractivity contribution in [2.24, 2.45) is 0 Å². The number of fused-ring (bicyclic) bond motifs is 2. The SMILES string of the molecule is CC(C)(C)c1ccc(-c2[nH]c3cc4c(cc3c2-c2ccc(C(C)(C)C)cc2)C(C)(C)CCC4(C)C)cc1. The Morgan fingerprint density at radius 2 is 1.03 bits per heavy atom. The number of H-pyrrole nitrogens is 1. The zero-order valence-corrected chi connectivity index (χ0v) is 24.7. The van der Waals surface area contributed by atoms with Gasteiger partial charge < -0.3 is 4.98 Å². The molecule has 1 heterocycles. The van der Waals surface area contributed by atoms with Gasteiger partial charge in [0.25, 0.3) is 0 Å². The fourth-order valence-electron chi connectivity index (χ4n) is 6.05. The van der Waals surface area contributed by atoms with Crippen molar-refractivity contribution in [3.8, 4) is 22.4 Å². The van der Waals surface area contributed by atoms with Crippen molar-refractivity contribution in [1.29, 1.82) is 0 Å². The summed E-state index contributed by atoms with van der Waals surface area (Å²) in [7, 11) is 0. The second-order valence-electron chi connectivity index (χ2n) is 14.7. The molecule has 3 aromatic carbocycles. The molecule has 0 unspecified atom stereocenters. The molecule has 37 heavy (non-hydrogen) atoms. The topological polar surface area (TPSA) is 15.8 Å². The Bertz CT molecular complexity index is 1440. The van der Waals surface area contributed by atoms with Crippen molar-refractivity contribution in [3.63, 3.8) is 0 Å². The molecule has 0 aliphatic heterocycles. The highest BCUT2D eigenvalue weighted by atomic mass is 14.7. The van der Waals surface area contributed by atoms with Gasteiger partial charge >= 0.3 is 0 Å². The first-order chi connectivity index (χ1) is 17.1. The van der Waals surface area contributed by atoms with E-state index in [0.717, 1.165) is 0 Å². The lowest BCUT2D eigenvalue weighted by atomic mass is 9.63. The zero-order valence-electron chi connectivity index (χ0n) is 24.7. The predicted octanol–water partition coefficient (Wildman–Crippen LogP) is 10.4. The minimum atomic E-state index is 0.138. The van der Waals surface area contributed by atoms with E-state index < -0.39 is 0 Å². The lowest BCUT2D eigenvalue weighted by Gasteiger charge is -2.41. The van der Waals surface area contributed by atoms with Gasteiger partial charge in [-0.25, -0.2) is 0 Å². The van der Waals surface area contributed by atoms with Crippen LogP contribution in [0.2, 0.25) is 0 Å². The van der Waals surface area contributed by atoms with Crippen LogP contribution in [0.25, 0.3) is 33.3 Å². The van der Waals surface area contributed by atoms with Crippen LogP contribution in [-0.4, -0.2) is 4.98 Å². The average molecular weight is 492 g/mol. The maximum atomic E-state index is 3.90. The molecule has 1 aromatic heterocycles. The van der Waals surface area contributed by atoms with E-state index in [1.54, 1.807) is 0 Å². The van der Waals surface area contributed by atoms with Crippen molar-refractivity contribution in [2.45, 2.75) is 104 Å². The summed E-state index contributed by atoms with van der Waals surface area (Å²) in [5.41, 5.74) is 12.7. The maximum Gasteiger partial charge on any atom is 0.0544 e. The molecule has 0 saturated carbocycles. The standard InChI is InChI=1S/C36H45N/c1-33(2,3)25-15-11-23(12-16-25)31-27-21-28-29(36(9,10)20-19-35(28,7)8)22-30(27)37-32(31)24-13-17-26(18-14-24)34(4,5)6/h11-18,21-22,37H,19-20H2,1-10H3. The normalized spacial score (nSPS) is 17.1. The summed E-state index contributed by atoms with van der Waals surface area (Å²) in [5.74, 6) is 0. The Morgan fingerprint density at radius 1 is 0.595 bits per heavy atom. The highest BCUT2D eigenvalue weighted by molar-refractivity contribution is 6.04. The summed E-state index contributed by atoms with van der Waals surface area (Å²) in [6.07, 6.45) is 2.45. The van der Waals surface area contributed by atoms with Crippen LogP contribution in [0.5, 0.6) is 0 Å². The molecule has 0 atom stereocenters. The van der Waals surface area contributed by atoms with Gasteiger partial charge in [-0.15, -0.1) is 0 Å². The van der Waals surface area contributed by atoms with Gasteiger partial charge in [0.05, 0.1) is 5.69 Å². The largest absolute Gasteiger partial charge is 0.354 e. The van der Waals surface area contributed by atoms with Crippen molar-refractivity contribution < 1.29 is 0 Å². The first kappa shape index (κ1) is 25.8. The van der Waals surface area contributed by atoms with Crippen LogP contribution in [0, 0.1) is 0 Å². The Balaban J connectivity index is 1.78. The third-order valence-electron chi connectivity index (χ3n) is 8.85. The third kappa shape index (κ3) is 4.56.